The van der Waals surface area contributed by atoms with E-state index >= 15 is 0 Å². The molecule has 4 nitrogen and oxygen atoms in total. The van der Waals surface area contributed by atoms with E-state index in [0.29, 0.717) is 0 Å². The van der Waals surface area contributed by atoms with Crippen molar-refractivity contribution in [3.8, 4) is 5.75 Å². The molecule has 0 aliphatic heterocycles. The zero-order valence-corrected chi connectivity index (χ0v) is 6.81. The summed E-state index contributed by atoms with van der Waals surface area (Å²) in [6.07, 6.45) is 1.49. The Kier molecular flexibility index (Phi) is 2.53. The second kappa shape index (κ2) is 3.61. The number of aromatic hydroxyl groups is 1. The van der Waals surface area contributed by atoms with E-state index in [1.165, 1.54) is 6.34 Å². The second-order valence-corrected chi connectivity index (χ2v) is 2.39. The number of phenols is 1. The number of nitrogens with two attached hydrogens (primary N) is 1. The van der Waals surface area contributed by atoms with Crippen LogP contribution in [0.5, 0.6) is 5.75 Å². The van der Waals surface area contributed by atoms with E-state index in [1.807, 2.05) is 7.05 Å². The minimum absolute atomic E-state index is 0.247. The number of hydrogen-bond acceptors (Lipinski definition) is 3. The summed E-state index contributed by atoms with van der Waals surface area (Å²) in [4.78, 5) is 1.75. The highest BCUT2D eigenvalue weighted by atomic mass is 16.3. The van der Waals surface area contributed by atoms with Crippen LogP contribution in [0.15, 0.2) is 29.4 Å². The van der Waals surface area contributed by atoms with Crippen molar-refractivity contribution in [2.75, 3.05) is 11.9 Å². The summed E-state index contributed by atoms with van der Waals surface area (Å²) >= 11 is 0. The van der Waals surface area contributed by atoms with Gasteiger partial charge in [-0.3, -0.25) is 0 Å². The zero-order valence-electron chi connectivity index (χ0n) is 6.81. The second-order valence-electron chi connectivity index (χ2n) is 2.39. The average Bonchev–Trinajstić information content (AvgIpc) is 2.06. The first-order valence-electron chi connectivity index (χ1n) is 3.49. The predicted molar refractivity (Wildman–Crippen MR) is 49.2 cm³/mol. The summed E-state index contributed by atoms with van der Waals surface area (Å²) in [5.74, 6) is 5.22. The maximum atomic E-state index is 8.99. The van der Waals surface area contributed by atoms with Gasteiger partial charge < -0.3 is 15.8 Å². The summed E-state index contributed by atoms with van der Waals surface area (Å²) in [7, 11) is 1.82. The molecule has 1 rings (SSSR count). The smallest absolute Gasteiger partial charge is 0.115 e. The largest absolute Gasteiger partial charge is 0.508 e. The first kappa shape index (κ1) is 8.39. The lowest BCUT2D eigenvalue weighted by atomic mass is 10.3. The van der Waals surface area contributed by atoms with Crippen LogP contribution in [0, 0.1) is 0 Å². The standard InChI is InChI=1S/C8H11N3O/c1-11(6-10-9)7-2-4-8(12)5-3-7/h2-6,12H,9H2,1H3. The van der Waals surface area contributed by atoms with Gasteiger partial charge in [-0.25, -0.2) is 0 Å². The van der Waals surface area contributed by atoms with Crippen molar-refractivity contribution in [2.45, 2.75) is 0 Å². The molecule has 0 aliphatic rings. The summed E-state index contributed by atoms with van der Waals surface area (Å²) < 4.78 is 0. The molecule has 0 unspecified atom stereocenters. The molecule has 0 spiro atoms. The maximum Gasteiger partial charge on any atom is 0.115 e. The van der Waals surface area contributed by atoms with Crippen LogP contribution >= 0.6 is 0 Å². The molecule has 4 heteroatoms. The normalized spacial score (nSPS) is 10.4. The van der Waals surface area contributed by atoms with E-state index in [2.05, 4.69) is 5.10 Å². The molecular weight excluding hydrogens is 154 g/mol. The Labute approximate surface area is 70.9 Å². The van der Waals surface area contributed by atoms with Gasteiger partial charge in [0.15, 0.2) is 0 Å². The SMILES string of the molecule is CN(C=NN)c1ccc(O)cc1. The van der Waals surface area contributed by atoms with Crippen LogP contribution in [0.3, 0.4) is 0 Å². The molecule has 0 amide bonds. The van der Waals surface area contributed by atoms with E-state index in [9.17, 15) is 0 Å². The number of anilines is 1. The third-order valence-corrected chi connectivity index (χ3v) is 1.50. The third kappa shape index (κ3) is 1.88. The highest BCUT2D eigenvalue weighted by Crippen LogP contribution is 2.15. The van der Waals surface area contributed by atoms with Gasteiger partial charge in [-0.05, 0) is 24.3 Å². The van der Waals surface area contributed by atoms with Crippen LogP contribution in [0.25, 0.3) is 0 Å². The van der Waals surface area contributed by atoms with E-state index in [0.717, 1.165) is 5.69 Å². The van der Waals surface area contributed by atoms with E-state index in [1.54, 1.807) is 29.2 Å². The summed E-state index contributed by atoms with van der Waals surface area (Å²) in [6.45, 7) is 0. The molecule has 0 heterocycles. The predicted octanol–water partition coefficient (Wildman–Crippen LogP) is 0.730. The molecule has 0 aromatic heterocycles. The fraction of sp³-hybridized carbons (Fsp3) is 0.125. The number of rotatable bonds is 2. The fourth-order valence-electron chi connectivity index (χ4n) is 0.854. The molecular formula is C8H11N3O. The first-order valence-corrected chi connectivity index (χ1v) is 3.49. The van der Waals surface area contributed by atoms with Gasteiger partial charge in [0, 0.05) is 12.7 Å². The molecule has 64 valence electrons. The maximum absolute atomic E-state index is 8.99. The number of phenolic OH excluding ortho intramolecular Hbond substituents is 1. The lowest BCUT2D eigenvalue weighted by molar-refractivity contribution is 0.475. The summed E-state index contributed by atoms with van der Waals surface area (Å²) in [6, 6.07) is 6.76. The van der Waals surface area contributed by atoms with Gasteiger partial charge in [-0.2, -0.15) is 5.10 Å². The third-order valence-electron chi connectivity index (χ3n) is 1.50. The summed E-state index contributed by atoms with van der Waals surface area (Å²) in [5.41, 5.74) is 0.919. The Balaban J connectivity index is 2.82. The number of nitrogens with zero attached hydrogens (tertiary/aromatic N) is 2. The Bertz CT molecular complexity index is 268. The zero-order chi connectivity index (χ0) is 8.97. The van der Waals surface area contributed by atoms with Gasteiger partial charge in [-0.1, -0.05) is 0 Å². The molecule has 0 aliphatic carbocycles. The Morgan fingerprint density at radius 2 is 2.00 bits per heavy atom. The molecule has 1 aromatic rings. The highest BCUT2D eigenvalue weighted by molar-refractivity contribution is 5.78. The van der Waals surface area contributed by atoms with Crippen LogP contribution in [-0.2, 0) is 0 Å². The molecule has 0 saturated heterocycles. The van der Waals surface area contributed by atoms with Gasteiger partial charge in [0.25, 0.3) is 0 Å². The van der Waals surface area contributed by atoms with Gasteiger partial charge in [-0.15, -0.1) is 0 Å². The highest BCUT2D eigenvalue weighted by Gasteiger charge is 1.95. The van der Waals surface area contributed by atoms with Crippen molar-refractivity contribution >= 4 is 12.0 Å². The van der Waals surface area contributed by atoms with Gasteiger partial charge in [0.05, 0.1) is 0 Å². The van der Waals surface area contributed by atoms with Crippen molar-refractivity contribution in [3.63, 3.8) is 0 Å². The van der Waals surface area contributed by atoms with Crippen LogP contribution in [0.2, 0.25) is 0 Å². The van der Waals surface area contributed by atoms with Crippen LogP contribution in [0.4, 0.5) is 5.69 Å². The van der Waals surface area contributed by atoms with Crippen LogP contribution < -0.4 is 10.7 Å². The molecule has 0 radical (unpaired) electrons. The van der Waals surface area contributed by atoms with Crippen molar-refractivity contribution in [2.24, 2.45) is 10.9 Å². The van der Waals surface area contributed by atoms with Gasteiger partial charge >= 0.3 is 0 Å². The lowest BCUT2D eigenvalue weighted by Gasteiger charge is -2.11. The first-order chi connectivity index (χ1) is 5.74. The Morgan fingerprint density at radius 3 is 2.50 bits per heavy atom. The summed E-state index contributed by atoms with van der Waals surface area (Å²) in [5, 5.41) is 12.4. The topological polar surface area (TPSA) is 61.8 Å². The van der Waals surface area contributed by atoms with Crippen LogP contribution in [-0.4, -0.2) is 18.5 Å². The van der Waals surface area contributed by atoms with Gasteiger partial charge in [0.2, 0.25) is 0 Å². The van der Waals surface area contributed by atoms with E-state index in [-0.39, 0.29) is 5.75 Å². The minimum Gasteiger partial charge on any atom is -0.508 e. The van der Waals surface area contributed by atoms with Gasteiger partial charge in [0.1, 0.15) is 12.1 Å². The molecule has 0 fully saturated rings. The van der Waals surface area contributed by atoms with Crippen molar-refractivity contribution in [3.05, 3.63) is 24.3 Å². The minimum atomic E-state index is 0.247. The van der Waals surface area contributed by atoms with E-state index in [4.69, 9.17) is 10.9 Å². The average molecular weight is 165 g/mol. The Morgan fingerprint density at radius 1 is 1.42 bits per heavy atom. The van der Waals surface area contributed by atoms with Crippen molar-refractivity contribution in [1.29, 1.82) is 0 Å². The molecule has 0 atom stereocenters. The molecule has 0 saturated carbocycles. The number of benzene rings is 1. The van der Waals surface area contributed by atoms with Crippen molar-refractivity contribution in [1.82, 2.24) is 0 Å². The molecule has 0 bridgehead atoms. The quantitative estimate of drug-likeness (QED) is 0.294. The van der Waals surface area contributed by atoms with Crippen LogP contribution in [0.1, 0.15) is 0 Å². The number of hydrogen-bond donors (Lipinski definition) is 2. The molecule has 3 N–H and O–H groups in total. The fourth-order valence-corrected chi connectivity index (χ4v) is 0.854. The monoisotopic (exact) mass is 165 g/mol. The van der Waals surface area contributed by atoms with Crippen molar-refractivity contribution < 1.29 is 5.11 Å². The lowest BCUT2D eigenvalue weighted by Crippen LogP contribution is -2.14. The Hall–Kier alpha value is -1.71. The van der Waals surface area contributed by atoms with E-state index < -0.39 is 0 Å². The molecule has 12 heavy (non-hydrogen) atoms. The number of hydrazone groups is 1. The molecule has 1 aromatic carbocycles.